The van der Waals surface area contributed by atoms with Crippen molar-refractivity contribution >= 4 is 23.2 Å². The third-order valence-corrected chi connectivity index (χ3v) is 4.97. The van der Waals surface area contributed by atoms with Crippen LogP contribution in [-0.4, -0.2) is 19.0 Å². The van der Waals surface area contributed by atoms with Crippen LogP contribution >= 0.6 is 11.6 Å². The third kappa shape index (κ3) is 4.76. The van der Waals surface area contributed by atoms with Crippen LogP contribution in [0.4, 0.5) is 5.69 Å². The molecule has 25 heavy (non-hydrogen) atoms. The van der Waals surface area contributed by atoms with E-state index in [1.54, 1.807) is 0 Å². The van der Waals surface area contributed by atoms with Gasteiger partial charge in [0.1, 0.15) is 0 Å². The summed E-state index contributed by atoms with van der Waals surface area (Å²) in [5, 5.41) is 3.84. The van der Waals surface area contributed by atoms with E-state index >= 15 is 0 Å². The van der Waals surface area contributed by atoms with E-state index in [4.69, 9.17) is 11.6 Å². The maximum atomic E-state index is 12.4. The van der Waals surface area contributed by atoms with Gasteiger partial charge in [0.2, 0.25) is 5.91 Å². The van der Waals surface area contributed by atoms with Crippen molar-refractivity contribution in [3.8, 4) is 0 Å². The minimum Gasteiger partial charge on any atom is -0.371 e. The summed E-state index contributed by atoms with van der Waals surface area (Å²) in [5.41, 5.74) is 3.31. The number of carbonyl (C=O) groups excluding carboxylic acids is 1. The first-order valence-electron chi connectivity index (χ1n) is 9.01. The van der Waals surface area contributed by atoms with E-state index in [1.807, 2.05) is 49.4 Å². The number of rotatable bonds is 5. The fraction of sp³-hybridized carbons (Fsp3) is 0.381. The first-order valence-corrected chi connectivity index (χ1v) is 9.39. The van der Waals surface area contributed by atoms with Gasteiger partial charge in [-0.1, -0.05) is 41.9 Å². The molecule has 2 aromatic rings. The lowest BCUT2D eigenvalue weighted by Gasteiger charge is -2.32. The number of hydrogen-bond donors (Lipinski definition) is 1. The molecule has 1 aliphatic rings. The molecule has 132 valence electrons. The summed E-state index contributed by atoms with van der Waals surface area (Å²) in [7, 11) is 0. The minimum atomic E-state index is -0.0770. The Hall–Kier alpha value is -2.00. The van der Waals surface area contributed by atoms with E-state index < -0.39 is 0 Å². The van der Waals surface area contributed by atoms with Gasteiger partial charge in [-0.15, -0.1) is 0 Å². The van der Waals surface area contributed by atoms with E-state index in [0.29, 0.717) is 11.4 Å². The second kappa shape index (κ2) is 8.39. The van der Waals surface area contributed by atoms with Gasteiger partial charge in [-0.25, -0.2) is 0 Å². The molecule has 1 fully saturated rings. The van der Waals surface area contributed by atoms with Crippen molar-refractivity contribution in [3.63, 3.8) is 0 Å². The molecule has 0 aliphatic carbocycles. The lowest BCUT2D eigenvalue weighted by molar-refractivity contribution is -0.121. The quantitative estimate of drug-likeness (QED) is 0.838. The number of nitrogens with one attached hydrogen (secondary N) is 1. The Bertz CT molecular complexity index is 711. The highest BCUT2D eigenvalue weighted by Gasteiger charge is 2.19. The first-order chi connectivity index (χ1) is 12.1. The van der Waals surface area contributed by atoms with Crippen molar-refractivity contribution in [3.05, 3.63) is 64.7 Å². The van der Waals surface area contributed by atoms with Crippen LogP contribution in [0.3, 0.4) is 0 Å². The Kier molecular flexibility index (Phi) is 5.98. The fourth-order valence-corrected chi connectivity index (χ4v) is 3.63. The van der Waals surface area contributed by atoms with Crippen molar-refractivity contribution in [1.29, 1.82) is 0 Å². The normalized spacial score (nSPS) is 15.7. The summed E-state index contributed by atoms with van der Waals surface area (Å²) >= 11 is 6.23. The first kappa shape index (κ1) is 17.8. The highest BCUT2D eigenvalue weighted by molar-refractivity contribution is 6.30. The number of benzene rings is 2. The third-order valence-electron chi connectivity index (χ3n) is 4.74. The topological polar surface area (TPSA) is 32.3 Å². The van der Waals surface area contributed by atoms with Crippen LogP contribution < -0.4 is 10.2 Å². The average Bonchev–Trinajstić information content (AvgIpc) is 2.63. The Labute approximate surface area is 155 Å². The Balaban J connectivity index is 1.73. The number of anilines is 1. The van der Waals surface area contributed by atoms with Crippen LogP contribution in [0.1, 0.15) is 43.4 Å². The van der Waals surface area contributed by atoms with E-state index in [1.165, 1.54) is 24.9 Å². The largest absolute Gasteiger partial charge is 0.371 e. The number of carbonyl (C=O) groups is 1. The molecule has 2 aromatic carbocycles. The molecular formula is C21H25ClN2O. The second-order valence-corrected chi connectivity index (χ2v) is 7.14. The Morgan fingerprint density at radius 2 is 1.84 bits per heavy atom. The zero-order chi connectivity index (χ0) is 17.6. The fourth-order valence-electron chi connectivity index (χ4n) is 3.45. The molecule has 1 saturated heterocycles. The zero-order valence-electron chi connectivity index (χ0n) is 14.7. The number of halogens is 1. The van der Waals surface area contributed by atoms with Crippen LogP contribution in [0, 0.1) is 0 Å². The van der Waals surface area contributed by atoms with E-state index in [0.717, 1.165) is 24.2 Å². The van der Waals surface area contributed by atoms with Crippen molar-refractivity contribution in [2.75, 3.05) is 18.0 Å². The van der Waals surface area contributed by atoms with Gasteiger partial charge < -0.3 is 10.2 Å². The van der Waals surface area contributed by atoms with Gasteiger partial charge in [0.05, 0.1) is 12.5 Å². The summed E-state index contributed by atoms with van der Waals surface area (Å²) in [4.78, 5) is 14.8. The van der Waals surface area contributed by atoms with Gasteiger partial charge >= 0.3 is 0 Å². The maximum absolute atomic E-state index is 12.4. The van der Waals surface area contributed by atoms with Gasteiger partial charge in [-0.3, -0.25) is 4.79 Å². The van der Waals surface area contributed by atoms with Crippen LogP contribution in [-0.2, 0) is 11.2 Å². The molecule has 4 heteroatoms. The molecular weight excluding hydrogens is 332 g/mol. The molecule has 1 heterocycles. The Morgan fingerprint density at radius 3 is 2.56 bits per heavy atom. The predicted molar refractivity (Wildman–Crippen MR) is 104 cm³/mol. The predicted octanol–water partition coefficient (Wildman–Crippen LogP) is 4.75. The van der Waals surface area contributed by atoms with Crippen LogP contribution in [0.25, 0.3) is 0 Å². The van der Waals surface area contributed by atoms with Gasteiger partial charge in [0.15, 0.2) is 0 Å². The molecule has 0 bridgehead atoms. The summed E-state index contributed by atoms with van der Waals surface area (Å²) in [6.07, 6.45) is 4.13. The zero-order valence-corrected chi connectivity index (χ0v) is 15.4. The van der Waals surface area contributed by atoms with Crippen LogP contribution in [0.5, 0.6) is 0 Å². The monoisotopic (exact) mass is 356 g/mol. The molecule has 1 atom stereocenters. The van der Waals surface area contributed by atoms with Crippen molar-refractivity contribution in [2.45, 2.75) is 38.6 Å². The van der Waals surface area contributed by atoms with Gasteiger partial charge in [-0.05, 0) is 55.5 Å². The van der Waals surface area contributed by atoms with E-state index in [2.05, 4.69) is 16.3 Å². The molecule has 1 amide bonds. The number of amides is 1. The van der Waals surface area contributed by atoms with Crippen LogP contribution in [0.2, 0.25) is 5.02 Å². The molecule has 0 aromatic heterocycles. The van der Waals surface area contributed by atoms with Crippen LogP contribution in [0.15, 0.2) is 48.5 Å². The SMILES string of the molecule is CC(NC(=O)Cc1ccccc1)c1cc(Cl)ccc1N1CCCCC1. The summed E-state index contributed by atoms with van der Waals surface area (Å²) in [5.74, 6) is 0.0308. The highest BCUT2D eigenvalue weighted by Crippen LogP contribution is 2.31. The van der Waals surface area contributed by atoms with Gasteiger partial charge in [-0.2, -0.15) is 0 Å². The summed E-state index contributed by atoms with van der Waals surface area (Å²) < 4.78 is 0. The molecule has 1 aliphatic heterocycles. The minimum absolute atomic E-state index is 0.0308. The smallest absolute Gasteiger partial charge is 0.224 e. The van der Waals surface area contributed by atoms with E-state index in [-0.39, 0.29) is 11.9 Å². The summed E-state index contributed by atoms with van der Waals surface area (Å²) in [6, 6.07) is 15.8. The molecule has 1 N–H and O–H groups in total. The van der Waals surface area contributed by atoms with Crippen molar-refractivity contribution < 1.29 is 4.79 Å². The molecule has 0 saturated carbocycles. The van der Waals surface area contributed by atoms with Gasteiger partial charge in [0.25, 0.3) is 0 Å². The van der Waals surface area contributed by atoms with Crippen molar-refractivity contribution in [2.24, 2.45) is 0 Å². The lowest BCUT2D eigenvalue weighted by atomic mass is 10.0. The van der Waals surface area contributed by atoms with Crippen molar-refractivity contribution in [1.82, 2.24) is 5.32 Å². The van der Waals surface area contributed by atoms with E-state index in [9.17, 15) is 4.79 Å². The highest BCUT2D eigenvalue weighted by atomic mass is 35.5. The molecule has 0 spiro atoms. The van der Waals surface area contributed by atoms with Gasteiger partial charge in [0, 0.05) is 23.8 Å². The second-order valence-electron chi connectivity index (χ2n) is 6.70. The lowest BCUT2D eigenvalue weighted by Crippen LogP contribution is -2.33. The summed E-state index contributed by atoms with van der Waals surface area (Å²) in [6.45, 7) is 4.17. The maximum Gasteiger partial charge on any atom is 0.224 e. The standard InChI is InChI=1S/C21H25ClN2O/c1-16(23-21(25)14-17-8-4-2-5-9-17)19-15-18(22)10-11-20(19)24-12-6-3-7-13-24/h2,4-5,8-11,15-16H,3,6-7,12-14H2,1H3,(H,23,25). The number of hydrogen-bond acceptors (Lipinski definition) is 2. The molecule has 3 nitrogen and oxygen atoms in total. The molecule has 1 unspecified atom stereocenters. The molecule has 0 radical (unpaired) electrons. The number of nitrogens with zero attached hydrogens (tertiary/aromatic N) is 1. The molecule has 3 rings (SSSR count). The average molecular weight is 357 g/mol. The Morgan fingerprint density at radius 1 is 1.12 bits per heavy atom. The number of piperidine rings is 1.